The van der Waals surface area contributed by atoms with Crippen molar-refractivity contribution < 1.29 is 9.18 Å². The summed E-state index contributed by atoms with van der Waals surface area (Å²) in [7, 11) is 0. The van der Waals surface area contributed by atoms with Crippen LogP contribution in [0.3, 0.4) is 0 Å². The van der Waals surface area contributed by atoms with Crippen molar-refractivity contribution in [2.75, 3.05) is 6.54 Å². The standard InChI is InChI=1S/C14H13BrFNOS/c1-9-8-11(16)3-2-10(9)4-6-17-14(18)13-12(15)5-7-19-13/h2-3,5,7-8H,4,6H2,1H3,(H,17,18). The van der Waals surface area contributed by atoms with Crippen LogP contribution in [0, 0.1) is 12.7 Å². The molecule has 1 N–H and O–H groups in total. The molecule has 1 heterocycles. The van der Waals surface area contributed by atoms with E-state index in [2.05, 4.69) is 21.2 Å². The average Bonchev–Trinajstić information content (AvgIpc) is 2.78. The van der Waals surface area contributed by atoms with Gasteiger partial charge in [0.25, 0.3) is 5.91 Å². The minimum atomic E-state index is -0.229. The SMILES string of the molecule is Cc1cc(F)ccc1CCNC(=O)c1sccc1Br. The van der Waals surface area contributed by atoms with Gasteiger partial charge in [-0.2, -0.15) is 0 Å². The van der Waals surface area contributed by atoms with Crippen LogP contribution in [0.5, 0.6) is 0 Å². The molecule has 0 atom stereocenters. The maximum Gasteiger partial charge on any atom is 0.262 e. The largest absolute Gasteiger partial charge is 0.351 e. The van der Waals surface area contributed by atoms with Crippen LogP contribution in [0.4, 0.5) is 4.39 Å². The molecule has 0 aliphatic carbocycles. The fourth-order valence-electron chi connectivity index (χ4n) is 1.79. The number of hydrogen-bond acceptors (Lipinski definition) is 2. The lowest BCUT2D eigenvalue weighted by Gasteiger charge is -2.07. The monoisotopic (exact) mass is 341 g/mol. The molecule has 2 aromatic rings. The van der Waals surface area contributed by atoms with Crippen molar-refractivity contribution in [2.45, 2.75) is 13.3 Å². The Morgan fingerprint density at radius 3 is 2.84 bits per heavy atom. The van der Waals surface area contributed by atoms with Gasteiger partial charge in [-0.3, -0.25) is 4.79 Å². The van der Waals surface area contributed by atoms with Gasteiger partial charge in [0, 0.05) is 11.0 Å². The number of benzene rings is 1. The molecular weight excluding hydrogens is 329 g/mol. The van der Waals surface area contributed by atoms with Crippen LogP contribution in [0.2, 0.25) is 0 Å². The highest BCUT2D eigenvalue weighted by atomic mass is 79.9. The molecule has 19 heavy (non-hydrogen) atoms. The van der Waals surface area contributed by atoms with Gasteiger partial charge < -0.3 is 5.32 Å². The van der Waals surface area contributed by atoms with Gasteiger partial charge in [0.1, 0.15) is 10.7 Å². The number of thiophene rings is 1. The Hall–Kier alpha value is -1.20. The molecule has 0 radical (unpaired) electrons. The van der Waals surface area contributed by atoms with E-state index in [9.17, 15) is 9.18 Å². The number of carbonyl (C=O) groups is 1. The van der Waals surface area contributed by atoms with Gasteiger partial charge in [0.05, 0.1) is 0 Å². The van der Waals surface area contributed by atoms with Gasteiger partial charge in [0.15, 0.2) is 0 Å². The molecule has 0 aliphatic rings. The van der Waals surface area contributed by atoms with Crippen LogP contribution in [0.25, 0.3) is 0 Å². The van der Waals surface area contributed by atoms with Crippen molar-refractivity contribution >= 4 is 33.2 Å². The first-order valence-corrected chi connectivity index (χ1v) is 7.51. The van der Waals surface area contributed by atoms with E-state index < -0.39 is 0 Å². The minimum absolute atomic E-state index is 0.0818. The highest BCUT2D eigenvalue weighted by Gasteiger charge is 2.10. The van der Waals surface area contributed by atoms with Crippen molar-refractivity contribution in [3.63, 3.8) is 0 Å². The zero-order chi connectivity index (χ0) is 13.8. The summed E-state index contributed by atoms with van der Waals surface area (Å²) in [5.74, 6) is -0.311. The molecule has 0 unspecified atom stereocenters. The zero-order valence-electron chi connectivity index (χ0n) is 10.4. The Kier molecular flexibility index (Phi) is 4.71. The number of amides is 1. The molecular formula is C14H13BrFNOS. The zero-order valence-corrected chi connectivity index (χ0v) is 12.8. The van der Waals surface area contributed by atoms with E-state index in [-0.39, 0.29) is 11.7 Å². The fraction of sp³-hybridized carbons (Fsp3) is 0.214. The number of carbonyl (C=O) groups excluding carboxylic acids is 1. The number of aryl methyl sites for hydroxylation is 1. The first kappa shape index (κ1) is 14.2. The van der Waals surface area contributed by atoms with Gasteiger partial charge in [-0.25, -0.2) is 4.39 Å². The molecule has 0 bridgehead atoms. The van der Waals surface area contributed by atoms with E-state index in [1.807, 2.05) is 18.4 Å². The highest BCUT2D eigenvalue weighted by Crippen LogP contribution is 2.22. The van der Waals surface area contributed by atoms with E-state index in [0.717, 1.165) is 15.6 Å². The maximum absolute atomic E-state index is 13.0. The van der Waals surface area contributed by atoms with Crippen molar-refractivity contribution in [3.8, 4) is 0 Å². The summed E-state index contributed by atoms with van der Waals surface area (Å²) in [4.78, 5) is 12.5. The minimum Gasteiger partial charge on any atom is -0.351 e. The molecule has 0 saturated carbocycles. The third-order valence-electron chi connectivity index (χ3n) is 2.81. The fourth-order valence-corrected chi connectivity index (χ4v) is 3.25. The molecule has 0 fully saturated rings. The lowest BCUT2D eigenvalue weighted by Crippen LogP contribution is -2.25. The van der Waals surface area contributed by atoms with E-state index in [1.165, 1.54) is 23.5 Å². The summed E-state index contributed by atoms with van der Waals surface area (Å²) in [5, 5.41) is 4.73. The van der Waals surface area contributed by atoms with E-state index >= 15 is 0 Å². The molecule has 0 spiro atoms. The number of nitrogens with one attached hydrogen (secondary N) is 1. The smallest absolute Gasteiger partial charge is 0.262 e. The van der Waals surface area contributed by atoms with Crippen molar-refractivity contribution in [1.29, 1.82) is 0 Å². The van der Waals surface area contributed by atoms with Gasteiger partial charge in [-0.1, -0.05) is 6.07 Å². The molecule has 5 heteroatoms. The number of rotatable bonds is 4. The third kappa shape index (κ3) is 3.64. The van der Waals surface area contributed by atoms with Crippen LogP contribution in [-0.2, 0) is 6.42 Å². The summed E-state index contributed by atoms with van der Waals surface area (Å²) in [5.41, 5.74) is 1.96. The highest BCUT2D eigenvalue weighted by molar-refractivity contribution is 9.10. The third-order valence-corrected chi connectivity index (χ3v) is 4.64. The Bertz CT molecular complexity index is 597. The molecule has 100 valence electrons. The first-order valence-electron chi connectivity index (χ1n) is 5.84. The van der Waals surface area contributed by atoms with E-state index in [4.69, 9.17) is 0 Å². The Morgan fingerprint density at radius 1 is 1.42 bits per heavy atom. The Balaban J connectivity index is 1.90. The predicted molar refractivity (Wildman–Crippen MR) is 79.2 cm³/mol. The molecule has 2 rings (SSSR count). The summed E-state index contributed by atoms with van der Waals surface area (Å²) in [6.07, 6.45) is 0.695. The molecule has 0 aliphatic heterocycles. The lowest BCUT2D eigenvalue weighted by molar-refractivity contribution is 0.0957. The quantitative estimate of drug-likeness (QED) is 0.896. The molecule has 1 aromatic heterocycles. The van der Waals surface area contributed by atoms with Crippen LogP contribution < -0.4 is 5.32 Å². The van der Waals surface area contributed by atoms with Gasteiger partial charge >= 0.3 is 0 Å². The average molecular weight is 342 g/mol. The summed E-state index contributed by atoms with van der Waals surface area (Å²) >= 11 is 4.73. The van der Waals surface area contributed by atoms with Gasteiger partial charge in [-0.05, 0) is 64.0 Å². The summed E-state index contributed by atoms with van der Waals surface area (Å²) in [6.45, 7) is 2.41. The Labute approximate surface area is 123 Å². The van der Waals surface area contributed by atoms with Gasteiger partial charge in [-0.15, -0.1) is 11.3 Å². The molecule has 2 nitrogen and oxygen atoms in total. The topological polar surface area (TPSA) is 29.1 Å². The van der Waals surface area contributed by atoms with E-state index in [1.54, 1.807) is 6.07 Å². The summed E-state index contributed by atoms with van der Waals surface area (Å²) in [6, 6.07) is 6.56. The normalized spacial score (nSPS) is 10.5. The van der Waals surface area contributed by atoms with Crippen LogP contribution >= 0.6 is 27.3 Å². The van der Waals surface area contributed by atoms with Crippen molar-refractivity contribution in [3.05, 3.63) is 55.9 Å². The number of hydrogen-bond donors (Lipinski definition) is 1. The van der Waals surface area contributed by atoms with Crippen molar-refractivity contribution in [1.82, 2.24) is 5.32 Å². The van der Waals surface area contributed by atoms with Crippen LogP contribution in [-0.4, -0.2) is 12.5 Å². The predicted octanol–water partition coefficient (Wildman–Crippen LogP) is 3.93. The second kappa shape index (κ2) is 6.30. The second-order valence-corrected chi connectivity index (χ2v) is 5.94. The van der Waals surface area contributed by atoms with Crippen LogP contribution in [0.15, 0.2) is 34.1 Å². The molecule has 1 amide bonds. The van der Waals surface area contributed by atoms with Crippen LogP contribution in [0.1, 0.15) is 20.8 Å². The summed E-state index contributed by atoms with van der Waals surface area (Å²) < 4.78 is 13.8. The number of halogens is 2. The lowest BCUT2D eigenvalue weighted by atomic mass is 10.1. The molecule has 1 aromatic carbocycles. The Morgan fingerprint density at radius 2 is 2.21 bits per heavy atom. The van der Waals surface area contributed by atoms with E-state index in [0.29, 0.717) is 17.8 Å². The van der Waals surface area contributed by atoms with Crippen molar-refractivity contribution in [2.24, 2.45) is 0 Å². The van der Waals surface area contributed by atoms with Gasteiger partial charge in [0.2, 0.25) is 0 Å². The second-order valence-electron chi connectivity index (χ2n) is 4.17. The first-order chi connectivity index (χ1) is 9.08. The maximum atomic E-state index is 13.0. The molecule has 0 saturated heterocycles.